The molecule has 0 fully saturated rings. The van der Waals surface area contributed by atoms with E-state index in [1.807, 2.05) is 62.4 Å². The van der Waals surface area contributed by atoms with Gasteiger partial charge in [-0.3, -0.25) is 24.4 Å². The average Bonchev–Trinajstić information content (AvgIpc) is 3.65. The van der Waals surface area contributed by atoms with Gasteiger partial charge in [0, 0.05) is 70.7 Å². The Hall–Kier alpha value is -6.73. The molecule has 6 rings (SSSR count). The summed E-state index contributed by atoms with van der Waals surface area (Å²) in [7, 11) is 3.58. The Morgan fingerprint density at radius 1 is 0.774 bits per heavy atom. The molecule has 0 aliphatic heterocycles. The average molecular weight is 748 g/mol. The standard InChI is InChI=1S/2C19H15ClN4O.CH2O2/c1-12-13(5-3-7-15(12)20)8-9-16-23-17(19(21)25)18(24(16)2)14-6-4-10-22-11-14;1-12-6-8-14(11-22-12)18-17(19(21)25)23-16(24(18)2)9-7-13-4-3-5-15(20)10-13;2-1-3/h3-7,10-11H,1-2H3,(H2,21,25);3-6,8,10-11H,1-2H3,(H2,21,25);1H,(H,2,3). The molecule has 0 unspecified atom stereocenters. The third-order valence-electron chi connectivity index (χ3n) is 7.50. The molecule has 0 aliphatic carbocycles. The highest BCUT2D eigenvalue weighted by molar-refractivity contribution is 6.31. The van der Waals surface area contributed by atoms with E-state index in [1.165, 1.54) is 0 Å². The van der Waals surface area contributed by atoms with E-state index in [1.54, 1.807) is 60.0 Å². The van der Waals surface area contributed by atoms with Gasteiger partial charge in [-0.1, -0.05) is 47.2 Å². The summed E-state index contributed by atoms with van der Waals surface area (Å²) in [5, 5.41) is 8.15. The molecule has 0 atom stereocenters. The summed E-state index contributed by atoms with van der Waals surface area (Å²) in [4.78, 5) is 48.9. The third-order valence-corrected chi connectivity index (χ3v) is 8.14. The van der Waals surface area contributed by atoms with Crippen molar-refractivity contribution in [3.63, 3.8) is 0 Å². The molecule has 6 aromatic rings. The summed E-state index contributed by atoms with van der Waals surface area (Å²) >= 11 is 12.1. The lowest BCUT2D eigenvalue weighted by Crippen LogP contribution is -2.13. The van der Waals surface area contributed by atoms with Crippen molar-refractivity contribution < 1.29 is 19.5 Å². The number of aromatic nitrogens is 6. The Kier molecular flexibility index (Phi) is 13.2. The fourth-order valence-corrected chi connectivity index (χ4v) is 5.26. The van der Waals surface area contributed by atoms with E-state index in [0.29, 0.717) is 33.1 Å². The third kappa shape index (κ3) is 9.74. The molecule has 5 N–H and O–H groups in total. The number of nitrogens with zero attached hydrogens (tertiary/aromatic N) is 6. The number of imidazole rings is 2. The van der Waals surface area contributed by atoms with Crippen LogP contribution in [0.15, 0.2) is 85.3 Å². The van der Waals surface area contributed by atoms with E-state index < -0.39 is 11.8 Å². The highest BCUT2D eigenvalue weighted by Gasteiger charge is 2.21. The van der Waals surface area contributed by atoms with Crippen LogP contribution in [-0.4, -0.2) is 52.5 Å². The summed E-state index contributed by atoms with van der Waals surface area (Å²) in [6.45, 7) is 3.55. The van der Waals surface area contributed by atoms with E-state index >= 15 is 0 Å². The summed E-state index contributed by atoms with van der Waals surface area (Å²) < 4.78 is 3.48. The summed E-state index contributed by atoms with van der Waals surface area (Å²) in [6, 6.07) is 20.1. The second-order valence-electron chi connectivity index (χ2n) is 11.1. The van der Waals surface area contributed by atoms with Gasteiger partial charge in [-0.05, 0) is 85.8 Å². The van der Waals surface area contributed by atoms with E-state index in [2.05, 4.69) is 43.6 Å². The van der Waals surface area contributed by atoms with Gasteiger partial charge in [-0.2, -0.15) is 0 Å². The summed E-state index contributed by atoms with van der Waals surface area (Å²) in [6.07, 6.45) is 5.00. The number of benzene rings is 2. The molecule has 0 spiro atoms. The summed E-state index contributed by atoms with van der Waals surface area (Å²) in [5.41, 5.74) is 17.3. The summed E-state index contributed by atoms with van der Waals surface area (Å²) in [5.74, 6) is 11.7. The smallest absolute Gasteiger partial charge is 0.290 e. The topological polar surface area (TPSA) is 185 Å². The van der Waals surface area contributed by atoms with Crippen molar-refractivity contribution in [3.05, 3.63) is 141 Å². The van der Waals surface area contributed by atoms with E-state index in [0.717, 1.165) is 33.5 Å². The Labute approximate surface area is 315 Å². The van der Waals surface area contributed by atoms with Crippen LogP contribution in [0, 0.1) is 37.5 Å². The van der Waals surface area contributed by atoms with Crippen molar-refractivity contribution in [2.24, 2.45) is 25.6 Å². The Morgan fingerprint density at radius 2 is 1.36 bits per heavy atom. The zero-order valence-corrected chi connectivity index (χ0v) is 30.4. The molecule has 2 amide bonds. The van der Waals surface area contributed by atoms with Crippen LogP contribution in [-0.2, 0) is 18.9 Å². The van der Waals surface area contributed by atoms with Crippen molar-refractivity contribution >= 4 is 41.5 Å². The number of hydrogen-bond acceptors (Lipinski definition) is 7. The number of nitrogens with two attached hydrogens (primary N) is 2. The highest BCUT2D eigenvalue weighted by Crippen LogP contribution is 2.25. The lowest BCUT2D eigenvalue weighted by Gasteiger charge is -2.05. The van der Waals surface area contributed by atoms with Crippen molar-refractivity contribution in [1.29, 1.82) is 0 Å². The molecule has 53 heavy (non-hydrogen) atoms. The molecule has 0 aliphatic rings. The number of amides is 2. The first-order chi connectivity index (χ1) is 25.4. The van der Waals surface area contributed by atoms with Crippen LogP contribution in [0.3, 0.4) is 0 Å². The largest absolute Gasteiger partial charge is 0.483 e. The lowest BCUT2D eigenvalue weighted by molar-refractivity contribution is -0.122. The number of hydrogen-bond donors (Lipinski definition) is 3. The SMILES string of the molecule is Cc1c(Cl)cccc1C#Cc1nc(C(N)=O)c(-c2cccnc2)n1C.Cc1ccc(-c2c(C(N)=O)nc(C#Cc3cccc(Cl)c3)n2C)cn1.O=CO. The predicted octanol–water partition coefficient (Wildman–Crippen LogP) is 5.59. The maximum atomic E-state index is 11.8. The number of halogens is 2. The minimum absolute atomic E-state index is 0.169. The molecule has 4 heterocycles. The van der Waals surface area contributed by atoms with Crippen LogP contribution in [0.5, 0.6) is 0 Å². The van der Waals surface area contributed by atoms with Crippen LogP contribution in [0.25, 0.3) is 22.5 Å². The quantitative estimate of drug-likeness (QED) is 0.154. The maximum absolute atomic E-state index is 11.8. The maximum Gasteiger partial charge on any atom is 0.290 e. The van der Waals surface area contributed by atoms with Gasteiger partial charge in [0.2, 0.25) is 0 Å². The first-order valence-electron chi connectivity index (χ1n) is 15.5. The van der Waals surface area contributed by atoms with E-state index in [9.17, 15) is 9.59 Å². The predicted molar refractivity (Wildman–Crippen MR) is 203 cm³/mol. The molecule has 0 saturated carbocycles. The first kappa shape index (κ1) is 39.1. The van der Waals surface area contributed by atoms with Gasteiger partial charge in [-0.25, -0.2) is 9.97 Å². The van der Waals surface area contributed by atoms with Crippen molar-refractivity contribution in [2.45, 2.75) is 13.8 Å². The fourth-order valence-electron chi connectivity index (χ4n) is 4.90. The van der Waals surface area contributed by atoms with Crippen molar-refractivity contribution in [1.82, 2.24) is 29.1 Å². The Morgan fingerprint density at radius 3 is 1.89 bits per heavy atom. The molecular weight excluding hydrogens is 715 g/mol. The number of rotatable bonds is 4. The molecule has 0 saturated heterocycles. The van der Waals surface area contributed by atoms with E-state index in [4.69, 9.17) is 44.6 Å². The monoisotopic (exact) mass is 746 g/mol. The number of pyridine rings is 2. The minimum atomic E-state index is -0.610. The van der Waals surface area contributed by atoms with Crippen LogP contribution in [0.2, 0.25) is 10.0 Å². The number of carbonyl (C=O) groups excluding carboxylic acids is 2. The van der Waals surface area contributed by atoms with Gasteiger partial charge in [0.25, 0.3) is 18.3 Å². The Bertz CT molecular complexity index is 2420. The van der Waals surface area contributed by atoms with Gasteiger partial charge in [-0.15, -0.1) is 0 Å². The number of carbonyl (C=O) groups is 3. The van der Waals surface area contributed by atoms with Crippen LogP contribution >= 0.6 is 23.2 Å². The number of carboxylic acid groups (broad SMARTS) is 1. The zero-order chi connectivity index (χ0) is 38.7. The molecule has 4 aromatic heterocycles. The van der Waals surface area contributed by atoms with Gasteiger partial charge >= 0.3 is 0 Å². The van der Waals surface area contributed by atoms with Crippen molar-refractivity contribution in [3.8, 4) is 46.2 Å². The van der Waals surface area contributed by atoms with Gasteiger partial charge in [0.05, 0.1) is 11.4 Å². The van der Waals surface area contributed by atoms with Gasteiger partial charge < -0.3 is 25.7 Å². The van der Waals surface area contributed by atoms with Gasteiger partial charge in [0.15, 0.2) is 23.0 Å². The first-order valence-corrected chi connectivity index (χ1v) is 16.3. The highest BCUT2D eigenvalue weighted by atomic mass is 35.5. The minimum Gasteiger partial charge on any atom is -0.483 e. The Balaban J connectivity index is 0.000000220. The van der Waals surface area contributed by atoms with E-state index in [-0.39, 0.29) is 17.9 Å². The molecule has 0 radical (unpaired) electrons. The normalized spacial score (nSPS) is 9.85. The molecule has 2 aromatic carbocycles. The second-order valence-corrected chi connectivity index (χ2v) is 11.9. The lowest BCUT2D eigenvalue weighted by atomic mass is 10.1. The molecule has 0 bridgehead atoms. The molecule has 14 heteroatoms. The molecular formula is C39H32Cl2N8O4. The fraction of sp³-hybridized carbons (Fsp3) is 0.103. The molecule has 12 nitrogen and oxygen atoms in total. The number of primary amides is 2. The van der Waals surface area contributed by atoms with Crippen LogP contribution < -0.4 is 11.5 Å². The van der Waals surface area contributed by atoms with Gasteiger partial charge in [0.1, 0.15) is 0 Å². The number of aryl methyl sites for hydroxylation is 1. The van der Waals surface area contributed by atoms with Crippen LogP contribution in [0.4, 0.5) is 0 Å². The molecule has 266 valence electrons. The second kappa shape index (κ2) is 18.0. The van der Waals surface area contributed by atoms with Crippen LogP contribution in [0.1, 0.15) is 55.0 Å². The van der Waals surface area contributed by atoms with Crippen molar-refractivity contribution in [2.75, 3.05) is 0 Å². The zero-order valence-electron chi connectivity index (χ0n) is 28.9.